The number of nitrogens with zero attached hydrogens (tertiary/aromatic N) is 1. The lowest BCUT2D eigenvalue weighted by Crippen LogP contribution is -2.34. The van der Waals surface area contributed by atoms with Crippen LogP contribution in [0, 0.1) is 5.41 Å². The van der Waals surface area contributed by atoms with Crippen molar-refractivity contribution in [3.8, 4) is 0 Å². The minimum Gasteiger partial charge on any atom is -0.330 e. The molecule has 0 aromatic heterocycles. The van der Waals surface area contributed by atoms with E-state index < -0.39 is 0 Å². The molecule has 0 aliphatic heterocycles. The van der Waals surface area contributed by atoms with Gasteiger partial charge in [-0.3, -0.25) is 0 Å². The van der Waals surface area contributed by atoms with Gasteiger partial charge in [0.15, 0.2) is 0 Å². The Morgan fingerprint density at radius 3 is 2.36 bits per heavy atom. The highest BCUT2D eigenvalue weighted by atomic mass is 15.1. The van der Waals surface area contributed by atoms with E-state index >= 15 is 0 Å². The van der Waals surface area contributed by atoms with Crippen LogP contribution in [0.25, 0.3) is 0 Å². The molecule has 0 aromatic carbocycles. The molecule has 0 fully saturated rings. The highest BCUT2D eigenvalue weighted by Gasteiger charge is 2.17. The predicted octanol–water partition coefficient (Wildman–Crippen LogP) is 2.48. The molecule has 0 bridgehead atoms. The summed E-state index contributed by atoms with van der Waals surface area (Å²) in [6.45, 7) is 11.0. The average Bonchev–Trinajstić information content (AvgIpc) is 2.15. The van der Waals surface area contributed by atoms with Crippen LogP contribution in [0.4, 0.5) is 0 Å². The summed E-state index contributed by atoms with van der Waals surface area (Å²) in [6, 6.07) is 0.702. The second-order valence-corrected chi connectivity index (χ2v) is 5.24. The van der Waals surface area contributed by atoms with Crippen molar-refractivity contribution in [1.82, 2.24) is 4.90 Å². The Balaban J connectivity index is 3.77. The monoisotopic (exact) mass is 200 g/mol. The third-order valence-electron chi connectivity index (χ3n) is 3.15. The zero-order chi connectivity index (χ0) is 11.2. The third kappa shape index (κ3) is 5.61. The van der Waals surface area contributed by atoms with E-state index in [1.54, 1.807) is 0 Å². The highest BCUT2D eigenvalue weighted by Crippen LogP contribution is 2.19. The fourth-order valence-corrected chi connectivity index (χ4v) is 1.44. The van der Waals surface area contributed by atoms with Crippen LogP contribution in [0.15, 0.2) is 0 Å². The molecule has 0 aromatic rings. The predicted molar refractivity (Wildman–Crippen MR) is 64.5 cm³/mol. The minimum atomic E-state index is 0.292. The molecule has 0 aliphatic carbocycles. The van der Waals surface area contributed by atoms with E-state index in [4.69, 9.17) is 5.73 Å². The molecule has 0 spiro atoms. The number of rotatable bonds is 7. The van der Waals surface area contributed by atoms with Crippen LogP contribution in [0.1, 0.15) is 47.0 Å². The Bertz CT molecular complexity index is 143. The van der Waals surface area contributed by atoms with Gasteiger partial charge in [0.25, 0.3) is 0 Å². The highest BCUT2D eigenvalue weighted by molar-refractivity contribution is 4.72. The van der Waals surface area contributed by atoms with E-state index in [9.17, 15) is 0 Å². The van der Waals surface area contributed by atoms with Crippen molar-refractivity contribution in [2.75, 3.05) is 20.1 Å². The zero-order valence-electron chi connectivity index (χ0n) is 10.6. The molecule has 0 saturated heterocycles. The van der Waals surface area contributed by atoms with Crippen molar-refractivity contribution in [3.63, 3.8) is 0 Å². The maximum absolute atomic E-state index is 5.71. The van der Waals surface area contributed by atoms with Gasteiger partial charge in [0.05, 0.1) is 0 Å². The maximum atomic E-state index is 5.71. The smallest absolute Gasteiger partial charge is 0.00637 e. The van der Waals surface area contributed by atoms with Crippen LogP contribution in [-0.2, 0) is 0 Å². The van der Waals surface area contributed by atoms with E-state index in [0.29, 0.717) is 11.5 Å². The fraction of sp³-hybridized carbons (Fsp3) is 1.00. The second-order valence-electron chi connectivity index (χ2n) is 5.24. The van der Waals surface area contributed by atoms with Crippen molar-refractivity contribution in [1.29, 1.82) is 0 Å². The van der Waals surface area contributed by atoms with Gasteiger partial charge in [-0.15, -0.1) is 0 Å². The summed E-state index contributed by atoms with van der Waals surface area (Å²) < 4.78 is 0. The van der Waals surface area contributed by atoms with Crippen LogP contribution in [0.5, 0.6) is 0 Å². The van der Waals surface area contributed by atoms with Gasteiger partial charge in [-0.05, 0) is 45.3 Å². The summed E-state index contributed by atoms with van der Waals surface area (Å²) in [4.78, 5) is 2.45. The summed E-state index contributed by atoms with van der Waals surface area (Å²) in [6.07, 6.45) is 3.75. The van der Waals surface area contributed by atoms with E-state index in [1.807, 2.05) is 0 Å². The van der Waals surface area contributed by atoms with Crippen molar-refractivity contribution in [2.45, 2.75) is 53.0 Å². The van der Waals surface area contributed by atoms with E-state index in [-0.39, 0.29) is 0 Å². The Hall–Kier alpha value is -0.0800. The maximum Gasteiger partial charge on any atom is 0.00637 e. The Kier molecular flexibility index (Phi) is 6.38. The molecule has 0 saturated carbocycles. The van der Waals surface area contributed by atoms with E-state index in [1.165, 1.54) is 19.3 Å². The lowest BCUT2D eigenvalue weighted by atomic mass is 9.89. The quantitative estimate of drug-likeness (QED) is 0.684. The van der Waals surface area contributed by atoms with Gasteiger partial charge in [-0.2, -0.15) is 0 Å². The molecule has 14 heavy (non-hydrogen) atoms. The number of hydrogen-bond donors (Lipinski definition) is 1. The molecule has 2 heteroatoms. The van der Waals surface area contributed by atoms with Crippen LogP contribution in [0.3, 0.4) is 0 Å². The molecule has 1 unspecified atom stereocenters. The first-order valence-corrected chi connectivity index (χ1v) is 5.83. The van der Waals surface area contributed by atoms with Crippen molar-refractivity contribution < 1.29 is 0 Å². The van der Waals surface area contributed by atoms with Crippen LogP contribution in [0.2, 0.25) is 0 Å². The van der Waals surface area contributed by atoms with Crippen molar-refractivity contribution in [3.05, 3.63) is 0 Å². The molecule has 0 rings (SSSR count). The topological polar surface area (TPSA) is 29.3 Å². The average molecular weight is 200 g/mol. The summed E-state index contributed by atoms with van der Waals surface area (Å²) in [5.41, 5.74) is 6.00. The van der Waals surface area contributed by atoms with Crippen molar-refractivity contribution >= 4 is 0 Å². The summed E-state index contributed by atoms with van der Waals surface area (Å²) >= 11 is 0. The van der Waals surface area contributed by atoms with Gasteiger partial charge in [0, 0.05) is 6.04 Å². The molecule has 0 aliphatic rings. The minimum absolute atomic E-state index is 0.292. The summed E-state index contributed by atoms with van der Waals surface area (Å²) in [5, 5.41) is 0. The van der Waals surface area contributed by atoms with Gasteiger partial charge >= 0.3 is 0 Å². The van der Waals surface area contributed by atoms with Gasteiger partial charge in [0.1, 0.15) is 0 Å². The van der Waals surface area contributed by atoms with Crippen LogP contribution in [-0.4, -0.2) is 31.1 Å². The molecule has 2 nitrogen and oxygen atoms in total. The SMILES string of the molecule is CCCC(C)N(C)CCC(C)(C)CN. The van der Waals surface area contributed by atoms with E-state index in [2.05, 4.69) is 39.6 Å². The van der Waals surface area contributed by atoms with Crippen LogP contribution >= 0.6 is 0 Å². The number of nitrogens with two attached hydrogens (primary N) is 1. The molecule has 0 radical (unpaired) electrons. The Morgan fingerprint density at radius 2 is 1.93 bits per heavy atom. The molecule has 2 N–H and O–H groups in total. The lowest BCUT2D eigenvalue weighted by molar-refractivity contribution is 0.203. The fourth-order valence-electron chi connectivity index (χ4n) is 1.44. The first kappa shape index (κ1) is 13.9. The third-order valence-corrected chi connectivity index (χ3v) is 3.15. The molecule has 86 valence electrons. The molecule has 0 heterocycles. The molecular formula is C12H28N2. The first-order valence-electron chi connectivity index (χ1n) is 5.83. The molecule has 1 atom stereocenters. The van der Waals surface area contributed by atoms with E-state index in [0.717, 1.165) is 13.1 Å². The normalized spacial score (nSPS) is 14.8. The van der Waals surface area contributed by atoms with Crippen molar-refractivity contribution in [2.24, 2.45) is 11.1 Å². The second kappa shape index (κ2) is 6.41. The zero-order valence-corrected chi connectivity index (χ0v) is 10.6. The van der Waals surface area contributed by atoms with Gasteiger partial charge < -0.3 is 10.6 Å². The first-order chi connectivity index (χ1) is 6.43. The molecular weight excluding hydrogens is 172 g/mol. The largest absolute Gasteiger partial charge is 0.330 e. The standard InChI is InChI=1S/C12H28N2/c1-6-7-11(2)14(5)9-8-12(3,4)10-13/h11H,6-10,13H2,1-5H3. The lowest BCUT2D eigenvalue weighted by Gasteiger charge is -2.29. The van der Waals surface area contributed by atoms with Gasteiger partial charge in [-0.1, -0.05) is 27.2 Å². The van der Waals surface area contributed by atoms with Gasteiger partial charge in [-0.25, -0.2) is 0 Å². The Morgan fingerprint density at radius 1 is 1.36 bits per heavy atom. The summed E-state index contributed by atoms with van der Waals surface area (Å²) in [7, 11) is 2.22. The van der Waals surface area contributed by atoms with Gasteiger partial charge in [0.2, 0.25) is 0 Å². The Labute approximate surface area is 89.9 Å². The number of hydrogen-bond acceptors (Lipinski definition) is 2. The molecule has 0 amide bonds. The summed E-state index contributed by atoms with van der Waals surface area (Å²) in [5.74, 6) is 0. The van der Waals surface area contributed by atoms with Crippen LogP contribution < -0.4 is 5.73 Å².